The van der Waals surface area contributed by atoms with E-state index in [1.807, 2.05) is 23.6 Å². The summed E-state index contributed by atoms with van der Waals surface area (Å²) in [7, 11) is 0. The lowest BCUT2D eigenvalue weighted by Crippen LogP contribution is -2.53. The Morgan fingerprint density at radius 3 is 1.69 bits per heavy atom. The molecule has 2 nitrogen and oxygen atoms in total. The van der Waals surface area contributed by atoms with Crippen LogP contribution in [0.2, 0.25) is 0 Å². The van der Waals surface area contributed by atoms with Crippen LogP contribution in [0.3, 0.4) is 0 Å². The van der Waals surface area contributed by atoms with E-state index in [2.05, 4.69) is 0 Å². The minimum Gasteiger partial charge on any atom is -0.313 e. The Bertz CT molecular complexity index is 238. The summed E-state index contributed by atoms with van der Waals surface area (Å²) >= 11 is 15.7. The topological polar surface area (TPSA) is 6.48 Å². The van der Waals surface area contributed by atoms with Gasteiger partial charge in [0, 0.05) is 19.5 Å². The van der Waals surface area contributed by atoms with Gasteiger partial charge in [-0.2, -0.15) is 0 Å². The lowest BCUT2D eigenvalue weighted by atomic mass is 10.3. The SMILES string of the molecule is CCN1C(=S)CC(=S)N(CC)C1=S. The van der Waals surface area contributed by atoms with Crippen LogP contribution in [0.1, 0.15) is 20.3 Å². The molecule has 0 bridgehead atoms. The first-order valence-electron chi connectivity index (χ1n) is 4.26. The normalized spacial score (nSPS) is 18.5. The molecule has 5 heteroatoms. The third kappa shape index (κ3) is 2.03. The van der Waals surface area contributed by atoms with Crippen molar-refractivity contribution >= 4 is 51.7 Å². The van der Waals surface area contributed by atoms with Gasteiger partial charge in [0.2, 0.25) is 0 Å². The second kappa shape index (κ2) is 4.39. The smallest absolute Gasteiger partial charge is 0.181 e. The Morgan fingerprint density at radius 1 is 1.00 bits per heavy atom. The van der Waals surface area contributed by atoms with Crippen molar-refractivity contribution in [2.24, 2.45) is 0 Å². The largest absolute Gasteiger partial charge is 0.313 e. The monoisotopic (exact) mass is 232 g/mol. The summed E-state index contributed by atoms with van der Waals surface area (Å²) in [6, 6.07) is 0. The van der Waals surface area contributed by atoms with Crippen LogP contribution in [0.4, 0.5) is 0 Å². The molecule has 1 aliphatic heterocycles. The predicted molar refractivity (Wildman–Crippen MR) is 67.2 cm³/mol. The average molecular weight is 232 g/mol. The van der Waals surface area contributed by atoms with E-state index in [-0.39, 0.29) is 0 Å². The predicted octanol–water partition coefficient (Wildman–Crippen LogP) is 1.97. The number of nitrogens with zero attached hydrogens (tertiary/aromatic N) is 2. The highest BCUT2D eigenvalue weighted by Gasteiger charge is 2.27. The maximum atomic E-state index is 5.28. The van der Waals surface area contributed by atoms with E-state index >= 15 is 0 Å². The molecule has 13 heavy (non-hydrogen) atoms. The van der Waals surface area contributed by atoms with Crippen molar-refractivity contribution in [1.82, 2.24) is 9.80 Å². The number of thiocarbonyl (C=S) groups is 3. The maximum Gasteiger partial charge on any atom is 0.181 e. The second-order valence-corrected chi connectivity index (χ2v) is 4.04. The van der Waals surface area contributed by atoms with Gasteiger partial charge in [0.05, 0.1) is 9.98 Å². The van der Waals surface area contributed by atoms with E-state index in [4.69, 9.17) is 36.7 Å². The molecular weight excluding hydrogens is 220 g/mol. The van der Waals surface area contributed by atoms with Crippen LogP contribution in [0.25, 0.3) is 0 Å². The summed E-state index contributed by atoms with van der Waals surface area (Å²) in [5.74, 6) is 0. The summed E-state index contributed by atoms with van der Waals surface area (Å²) in [4.78, 5) is 5.62. The first-order chi connectivity index (χ1) is 6.11. The standard InChI is InChI=1S/C8H12N2S3/c1-3-9-6(11)5-7(12)10(4-2)8(9)13/h3-5H2,1-2H3. The first kappa shape index (κ1) is 10.9. The number of hydrogen-bond acceptors (Lipinski definition) is 3. The van der Waals surface area contributed by atoms with E-state index < -0.39 is 0 Å². The van der Waals surface area contributed by atoms with Crippen molar-refractivity contribution in [3.63, 3.8) is 0 Å². The van der Waals surface area contributed by atoms with Crippen LogP contribution < -0.4 is 0 Å². The van der Waals surface area contributed by atoms with Crippen molar-refractivity contribution in [3.8, 4) is 0 Å². The second-order valence-electron chi connectivity index (χ2n) is 2.74. The zero-order chi connectivity index (χ0) is 10.0. The Kier molecular flexibility index (Phi) is 3.70. The maximum absolute atomic E-state index is 5.28. The third-order valence-corrected chi connectivity index (χ3v) is 3.17. The van der Waals surface area contributed by atoms with Crippen molar-refractivity contribution in [1.29, 1.82) is 0 Å². The highest BCUT2D eigenvalue weighted by atomic mass is 32.1. The zero-order valence-corrected chi connectivity index (χ0v) is 10.2. The van der Waals surface area contributed by atoms with Crippen LogP contribution in [-0.4, -0.2) is 38.0 Å². The van der Waals surface area contributed by atoms with Gasteiger partial charge in [0.15, 0.2) is 5.11 Å². The van der Waals surface area contributed by atoms with Crippen molar-refractivity contribution in [3.05, 3.63) is 0 Å². The molecule has 0 aromatic rings. The molecule has 0 atom stereocenters. The summed E-state index contributed by atoms with van der Waals surface area (Å²) in [5, 5.41) is 0.756. The summed E-state index contributed by atoms with van der Waals surface area (Å²) in [6.45, 7) is 5.75. The van der Waals surface area contributed by atoms with Gasteiger partial charge in [-0.1, -0.05) is 24.4 Å². The van der Waals surface area contributed by atoms with Gasteiger partial charge in [-0.05, 0) is 26.1 Å². The molecule has 1 fully saturated rings. The summed E-state index contributed by atoms with van der Waals surface area (Å²) in [5.41, 5.74) is 0. The van der Waals surface area contributed by atoms with E-state index in [0.29, 0.717) is 6.42 Å². The van der Waals surface area contributed by atoms with E-state index in [9.17, 15) is 0 Å². The minimum absolute atomic E-state index is 0.687. The lowest BCUT2D eigenvalue weighted by molar-refractivity contribution is 0.518. The van der Waals surface area contributed by atoms with Crippen LogP contribution in [0.15, 0.2) is 0 Å². The van der Waals surface area contributed by atoms with E-state index in [0.717, 1.165) is 28.2 Å². The van der Waals surface area contributed by atoms with Gasteiger partial charge in [-0.15, -0.1) is 0 Å². The van der Waals surface area contributed by atoms with Crippen molar-refractivity contribution < 1.29 is 0 Å². The highest BCUT2D eigenvalue weighted by Crippen LogP contribution is 2.14. The van der Waals surface area contributed by atoms with Crippen molar-refractivity contribution in [2.75, 3.05) is 13.1 Å². The zero-order valence-electron chi connectivity index (χ0n) is 7.74. The Balaban J connectivity index is 2.87. The van der Waals surface area contributed by atoms with Gasteiger partial charge < -0.3 is 9.80 Å². The first-order valence-corrected chi connectivity index (χ1v) is 5.49. The molecule has 0 aliphatic carbocycles. The molecule has 1 heterocycles. The fourth-order valence-electron chi connectivity index (χ4n) is 1.30. The summed E-state index contributed by atoms with van der Waals surface area (Å²) < 4.78 is 0. The fourth-order valence-corrected chi connectivity index (χ4v) is 2.69. The molecule has 0 unspecified atom stereocenters. The van der Waals surface area contributed by atoms with Crippen LogP contribution >= 0.6 is 36.7 Å². The highest BCUT2D eigenvalue weighted by molar-refractivity contribution is 7.83. The third-order valence-electron chi connectivity index (χ3n) is 2.00. The molecular formula is C8H12N2S3. The average Bonchev–Trinajstić information content (AvgIpc) is 2.04. The van der Waals surface area contributed by atoms with Crippen LogP contribution in [0, 0.1) is 0 Å². The Hall–Kier alpha value is -0.130. The van der Waals surface area contributed by atoms with Gasteiger partial charge in [-0.25, -0.2) is 0 Å². The van der Waals surface area contributed by atoms with E-state index in [1.54, 1.807) is 0 Å². The van der Waals surface area contributed by atoms with Gasteiger partial charge in [-0.3, -0.25) is 0 Å². The molecule has 0 aromatic heterocycles. The minimum atomic E-state index is 0.687. The molecule has 1 saturated heterocycles. The molecule has 0 N–H and O–H groups in total. The Morgan fingerprint density at radius 2 is 1.38 bits per heavy atom. The molecule has 72 valence electrons. The lowest BCUT2D eigenvalue weighted by Gasteiger charge is -2.37. The molecule has 0 aromatic carbocycles. The molecule has 0 radical (unpaired) electrons. The fraction of sp³-hybridized carbons (Fsp3) is 0.625. The molecule has 0 saturated carbocycles. The van der Waals surface area contributed by atoms with Crippen LogP contribution in [0.5, 0.6) is 0 Å². The molecule has 1 rings (SSSR count). The molecule has 1 aliphatic rings. The molecule has 0 amide bonds. The van der Waals surface area contributed by atoms with Gasteiger partial charge >= 0.3 is 0 Å². The number of rotatable bonds is 2. The Labute approximate surface area is 94.9 Å². The van der Waals surface area contributed by atoms with Crippen LogP contribution in [-0.2, 0) is 0 Å². The van der Waals surface area contributed by atoms with Crippen molar-refractivity contribution in [2.45, 2.75) is 20.3 Å². The molecule has 0 spiro atoms. The van der Waals surface area contributed by atoms with Gasteiger partial charge in [0.1, 0.15) is 0 Å². The summed E-state index contributed by atoms with van der Waals surface area (Å²) in [6.07, 6.45) is 0.687. The number of hydrogen-bond donors (Lipinski definition) is 0. The quantitative estimate of drug-likeness (QED) is 0.670. The van der Waals surface area contributed by atoms with E-state index in [1.165, 1.54) is 0 Å². The van der Waals surface area contributed by atoms with Gasteiger partial charge in [0.25, 0.3) is 0 Å².